The molecule has 4 rings (SSSR count). The summed E-state index contributed by atoms with van der Waals surface area (Å²) in [5.74, 6) is -1.93. The van der Waals surface area contributed by atoms with Gasteiger partial charge in [0.25, 0.3) is 0 Å². The summed E-state index contributed by atoms with van der Waals surface area (Å²) in [5, 5.41) is 22.0. The van der Waals surface area contributed by atoms with Crippen molar-refractivity contribution in [2.45, 2.75) is 24.9 Å². The van der Waals surface area contributed by atoms with E-state index in [1.807, 2.05) is 84.9 Å². The van der Waals surface area contributed by atoms with E-state index in [0.29, 0.717) is 12.8 Å². The number of hydrogen-bond acceptors (Lipinski definition) is 4. The number of nitrogens with two attached hydrogens (primary N) is 2. The summed E-state index contributed by atoms with van der Waals surface area (Å²) in [6.45, 7) is 0. The Bertz CT molecular complexity index is 1140. The average molecular weight is 431 g/mol. The predicted molar refractivity (Wildman–Crippen MR) is 127 cm³/mol. The molecule has 0 bridgehead atoms. The quantitative estimate of drug-likeness (QED) is 0.370. The van der Waals surface area contributed by atoms with Gasteiger partial charge in [-0.15, -0.1) is 0 Å². The van der Waals surface area contributed by atoms with Gasteiger partial charge in [-0.05, 0) is 45.5 Å². The Labute approximate surface area is 186 Å². The zero-order valence-corrected chi connectivity index (χ0v) is 17.5. The molecule has 0 heterocycles. The molecule has 6 nitrogen and oxygen atoms in total. The minimum Gasteiger partial charge on any atom is -0.480 e. The van der Waals surface area contributed by atoms with Crippen LogP contribution in [0, 0.1) is 0 Å². The molecule has 0 radical (unpaired) electrons. The number of benzene rings is 4. The molecule has 0 saturated carbocycles. The van der Waals surface area contributed by atoms with Crippen LogP contribution < -0.4 is 11.5 Å². The molecule has 4 aromatic carbocycles. The molecular weight excluding hydrogens is 404 g/mol. The number of hydrogen-bond donors (Lipinski definition) is 4. The molecule has 0 aliphatic heterocycles. The molecule has 0 fully saturated rings. The van der Waals surface area contributed by atoms with E-state index in [4.69, 9.17) is 21.7 Å². The van der Waals surface area contributed by atoms with Crippen molar-refractivity contribution in [2.75, 3.05) is 0 Å². The first kappa shape index (κ1) is 22.9. The molecule has 4 aromatic rings. The Kier molecular flexibility index (Phi) is 7.54. The summed E-state index contributed by atoms with van der Waals surface area (Å²) in [6, 6.07) is 26.1. The van der Waals surface area contributed by atoms with E-state index in [1.165, 1.54) is 0 Å². The van der Waals surface area contributed by atoms with Gasteiger partial charge in [0.2, 0.25) is 0 Å². The maximum Gasteiger partial charge on any atom is 0.320 e. The highest BCUT2D eigenvalue weighted by molar-refractivity contribution is 5.84. The fraction of sp³-hybridized carbons (Fsp3) is 0.154. The molecule has 164 valence electrons. The second kappa shape index (κ2) is 10.5. The van der Waals surface area contributed by atoms with Crippen LogP contribution in [0.4, 0.5) is 0 Å². The number of rotatable bonds is 6. The van der Waals surface area contributed by atoms with Gasteiger partial charge in [-0.25, -0.2) is 0 Å². The van der Waals surface area contributed by atoms with Crippen LogP contribution in [0.1, 0.15) is 11.1 Å². The third kappa shape index (κ3) is 6.14. The fourth-order valence-corrected chi connectivity index (χ4v) is 3.41. The lowest BCUT2D eigenvalue weighted by atomic mass is 10.0. The predicted octanol–water partition coefficient (Wildman–Crippen LogP) is 3.59. The molecule has 2 atom stereocenters. The van der Waals surface area contributed by atoms with Crippen LogP contribution in [0.25, 0.3) is 21.5 Å². The third-order valence-electron chi connectivity index (χ3n) is 5.17. The van der Waals surface area contributed by atoms with Gasteiger partial charge in [-0.1, -0.05) is 84.9 Å². The second-order valence-corrected chi connectivity index (χ2v) is 7.66. The standard InChI is InChI=1S/2C13H13NO2/c2*14-12(13(15)16)8-9-5-6-10-3-1-2-4-11(10)7-9/h2*1-7,12H,8,14H2,(H,15,16). The van der Waals surface area contributed by atoms with Crippen LogP contribution in [0.2, 0.25) is 0 Å². The van der Waals surface area contributed by atoms with Crippen LogP contribution in [-0.4, -0.2) is 34.2 Å². The van der Waals surface area contributed by atoms with Gasteiger partial charge in [0, 0.05) is 0 Å². The van der Waals surface area contributed by atoms with Crippen LogP contribution in [0.15, 0.2) is 84.9 Å². The highest BCUT2D eigenvalue weighted by atomic mass is 16.4. The van der Waals surface area contributed by atoms with Gasteiger partial charge < -0.3 is 21.7 Å². The minimum absolute atomic E-state index is 0.361. The Morgan fingerprint density at radius 3 is 1.28 bits per heavy atom. The SMILES string of the molecule is NC(Cc1ccc2ccccc2c1)C(=O)O.NC(Cc1ccc2ccccc2c1)C(=O)O. The summed E-state index contributed by atoms with van der Waals surface area (Å²) in [4.78, 5) is 21.3. The fourth-order valence-electron chi connectivity index (χ4n) is 3.41. The molecule has 0 amide bonds. The van der Waals surface area contributed by atoms with Gasteiger partial charge in [-0.2, -0.15) is 0 Å². The largest absolute Gasteiger partial charge is 0.480 e. The van der Waals surface area contributed by atoms with Gasteiger partial charge in [0.1, 0.15) is 12.1 Å². The highest BCUT2D eigenvalue weighted by Crippen LogP contribution is 2.17. The third-order valence-corrected chi connectivity index (χ3v) is 5.17. The summed E-state index contributed by atoms with van der Waals surface area (Å²) >= 11 is 0. The molecule has 2 unspecified atom stereocenters. The summed E-state index contributed by atoms with van der Waals surface area (Å²) < 4.78 is 0. The van der Waals surface area contributed by atoms with Gasteiger partial charge in [0.05, 0.1) is 0 Å². The van der Waals surface area contributed by atoms with Crippen LogP contribution >= 0.6 is 0 Å². The molecule has 0 aromatic heterocycles. The van der Waals surface area contributed by atoms with Crippen LogP contribution in [0.5, 0.6) is 0 Å². The van der Waals surface area contributed by atoms with E-state index in [-0.39, 0.29) is 0 Å². The molecule has 0 spiro atoms. The van der Waals surface area contributed by atoms with Crippen LogP contribution in [-0.2, 0) is 22.4 Å². The van der Waals surface area contributed by atoms with Crippen molar-refractivity contribution in [3.8, 4) is 0 Å². The first-order valence-electron chi connectivity index (χ1n) is 10.3. The Morgan fingerprint density at radius 1 is 0.594 bits per heavy atom. The van der Waals surface area contributed by atoms with E-state index in [9.17, 15) is 9.59 Å². The lowest BCUT2D eigenvalue weighted by molar-refractivity contribution is -0.139. The van der Waals surface area contributed by atoms with E-state index >= 15 is 0 Å². The topological polar surface area (TPSA) is 127 Å². The molecular formula is C26H26N2O4. The molecule has 6 N–H and O–H groups in total. The number of carboxylic acids is 2. The molecule has 6 heteroatoms. The van der Waals surface area contributed by atoms with Gasteiger partial charge in [0.15, 0.2) is 0 Å². The van der Waals surface area contributed by atoms with E-state index in [0.717, 1.165) is 32.7 Å². The maximum atomic E-state index is 10.6. The number of carbonyl (C=O) groups is 2. The zero-order valence-electron chi connectivity index (χ0n) is 17.5. The van der Waals surface area contributed by atoms with Crippen LogP contribution in [0.3, 0.4) is 0 Å². The zero-order chi connectivity index (χ0) is 23.1. The second-order valence-electron chi connectivity index (χ2n) is 7.66. The number of carboxylic acid groups (broad SMARTS) is 2. The first-order valence-corrected chi connectivity index (χ1v) is 10.3. The van der Waals surface area contributed by atoms with Crippen molar-refractivity contribution in [1.29, 1.82) is 0 Å². The van der Waals surface area contributed by atoms with Crippen molar-refractivity contribution in [1.82, 2.24) is 0 Å². The normalized spacial score (nSPS) is 12.6. The Balaban J connectivity index is 0.000000181. The van der Waals surface area contributed by atoms with Crippen molar-refractivity contribution >= 4 is 33.5 Å². The van der Waals surface area contributed by atoms with Crippen molar-refractivity contribution in [3.05, 3.63) is 96.1 Å². The van der Waals surface area contributed by atoms with E-state index < -0.39 is 24.0 Å². The summed E-state index contributed by atoms with van der Waals surface area (Å²) in [7, 11) is 0. The average Bonchev–Trinajstić information content (AvgIpc) is 2.79. The van der Waals surface area contributed by atoms with Crippen molar-refractivity contribution in [2.24, 2.45) is 11.5 Å². The van der Waals surface area contributed by atoms with Gasteiger partial charge in [-0.3, -0.25) is 9.59 Å². The number of fused-ring (bicyclic) bond motifs is 2. The number of aliphatic carboxylic acids is 2. The summed E-state index contributed by atoms with van der Waals surface area (Å²) in [6.07, 6.45) is 0.723. The lowest BCUT2D eigenvalue weighted by Crippen LogP contribution is -2.32. The Hall–Kier alpha value is -3.74. The highest BCUT2D eigenvalue weighted by Gasteiger charge is 2.12. The monoisotopic (exact) mass is 430 g/mol. The Morgan fingerprint density at radius 2 is 0.938 bits per heavy atom. The van der Waals surface area contributed by atoms with Gasteiger partial charge >= 0.3 is 11.9 Å². The maximum absolute atomic E-state index is 10.6. The van der Waals surface area contributed by atoms with E-state index in [1.54, 1.807) is 0 Å². The van der Waals surface area contributed by atoms with E-state index in [2.05, 4.69) is 0 Å². The molecule has 0 aliphatic rings. The smallest absolute Gasteiger partial charge is 0.320 e. The molecule has 32 heavy (non-hydrogen) atoms. The first-order chi connectivity index (χ1) is 15.3. The van der Waals surface area contributed by atoms with Crippen molar-refractivity contribution < 1.29 is 19.8 Å². The molecule has 0 aliphatic carbocycles. The lowest BCUT2D eigenvalue weighted by Gasteiger charge is -2.07. The molecule has 0 saturated heterocycles. The summed E-state index contributed by atoms with van der Waals surface area (Å²) in [5.41, 5.74) is 12.9. The van der Waals surface area contributed by atoms with Crippen molar-refractivity contribution in [3.63, 3.8) is 0 Å². The minimum atomic E-state index is -0.965.